The molecular weight excluding hydrogens is 307 g/mol. The second-order valence-electron chi connectivity index (χ2n) is 4.56. The van der Waals surface area contributed by atoms with Crippen molar-refractivity contribution in [1.29, 1.82) is 0 Å². The number of likely N-dealkylation sites (N-methyl/N-ethyl adjacent to an activating group) is 1. The van der Waals surface area contributed by atoms with Gasteiger partial charge < -0.3 is 10.6 Å². The van der Waals surface area contributed by atoms with Crippen LogP contribution in [-0.2, 0) is 17.8 Å². The molecule has 5 heteroatoms. The van der Waals surface area contributed by atoms with Gasteiger partial charge in [0.1, 0.15) is 0 Å². The number of hydrogen-bond acceptors (Lipinski definition) is 2. The van der Waals surface area contributed by atoms with Crippen molar-refractivity contribution in [2.45, 2.75) is 13.0 Å². The first-order valence-corrected chi connectivity index (χ1v) is 7.32. The van der Waals surface area contributed by atoms with E-state index in [0.29, 0.717) is 23.0 Å². The lowest BCUT2D eigenvalue weighted by molar-refractivity contribution is -0.119. The third-order valence-corrected chi connectivity index (χ3v) is 3.87. The van der Waals surface area contributed by atoms with Gasteiger partial charge in [0.25, 0.3) is 0 Å². The van der Waals surface area contributed by atoms with Crippen LogP contribution in [0, 0.1) is 0 Å². The molecule has 2 N–H and O–H groups in total. The highest BCUT2D eigenvalue weighted by atomic mass is 35.5. The quantitative estimate of drug-likeness (QED) is 0.876. The number of nitrogens with one attached hydrogen (secondary N) is 2. The molecule has 2 aromatic rings. The van der Waals surface area contributed by atoms with E-state index in [1.54, 1.807) is 19.2 Å². The second kappa shape index (κ2) is 7.34. The summed E-state index contributed by atoms with van der Waals surface area (Å²) in [6, 6.07) is 13.1. The molecule has 2 rings (SSSR count). The van der Waals surface area contributed by atoms with Crippen molar-refractivity contribution in [1.82, 2.24) is 5.32 Å². The summed E-state index contributed by atoms with van der Waals surface area (Å²) in [6.45, 7) is 0.503. The summed E-state index contributed by atoms with van der Waals surface area (Å²) in [6.07, 6.45) is 0.329. The molecule has 0 aliphatic carbocycles. The van der Waals surface area contributed by atoms with Crippen molar-refractivity contribution in [3.63, 3.8) is 0 Å². The molecule has 21 heavy (non-hydrogen) atoms. The summed E-state index contributed by atoms with van der Waals surface area (Å²) in [5.41, 5.74) is 2.67. The summed E-state index contributed by atoms with van der Waals surface area (Å²) < 4.78 is 0. The minimum absolute atomic E-state index is 0.0278. The molecule has 110 valence electrons. The molecule has 0 aromatic heterocycles. The van der Waals surface area contributed by atoms with Gasteiger partial charge in [0.2, 0.25) is 5.91 Å². The Kier molecular flexibility index (Phi) is 5.48. The lowest BCUT2D eigenvalue weighted by Crippen LogP contribution is -2.20. The highest BCUT2D eigenvalue weighted by molar-refractivity contribution is 6.36. The number of rotatable bonds is 5. The smallest absolute Gasteiger partial charge is 0.224 e. The molecule has 0 saturated heterocycles. The fraction of sp³-hybridized carbons (Fsp3) is 0.188. The molecule has 0 spiro atoms. The van der Waals surface area contributed by atoms with Gasteiger partial charge in [-0.05, 0) is 23.8 Å². The molecule has 0 aliphatic rings. The van der Waals surface area contributed by atoms with Gasteiger partial charge in [0, 0.05) is 34.9 Å². The average Bonchev–Trinajstić information content (AvgIpc) is 2.48. The van der Waals surface area contributed by atoms with E-state index in [2.05, 4.69) is 10.6 Å². The molecule has 3 nitrogen and oxygen atoms in total. The van der Waals surface area contributed by atoms with Crippen molar-refractivity contribution in [2.75, 3.05) is 12.4 Å². The van der Waals surface area contributed by atoms with Crippen LogP contribution >= 0.6 is 23.2 Å². The van der Waals surface area contributed by atoms with Crippen LogP contribution in [0.3, 0.4) is 0 Å². The Bertz CT molecular complexity index is 624. The number of carbonyl (C=O) groups is 1. The highest BCUT2D eigenvalue weighted by Crippen LogP contribution is 2.26. The molecule has 0 bridgehead atoms. The van der Waals surface area contributed by atoms with Gasteiger partial charge in [0.15, 0.2) is 0 Å². The van der Waals surface area contributed by atoms with E-state index in [0.717, 1.165) is 16.8 Å². The summed E-state index contributed by atoms with van der Waals surface area (Å²) >= 11 is 12.3. The number of carbonyl (C=O) groups excluding carboxylic acids is 1. The minimum Gasteiger partial charge on any atom is -0.381 e. The molecular formula is C16H16Cl2N2O. The molecule has 0 heterocycles. The van der Waals surface area contributed by atoms with Crippen LogP contribution in [0.15, 0.2) is 42.5 Å². The third-order valence-electron chi connectivity index (χ3n) is 3.16. The SMILES string of the molecule is CNC(=O)Cc1ccccc1NCc1c(Cl)cccc1Cl. The number of benzene rings is 2. The van der Waals surface area contributed by atoms with Gasteiger partial charge in [-0.25, -0.2) is 0 Å². The Labute approximate surface area is 134 Å². The van der Waals surface area contributed by atoms with Crippen molar-refractivity contribution in [3.8, 4) is 0 Å². The monoisotopic (exact) mass is 322 g/mol. The van der Waals surface area contributed by atoms with Crippen molar-refractivity contribution in [3.05, 3.63) is 63.6 Å². The summed E-state index contributed by atoms with van der Waals surface area (Å²) in [5, 5.41) is 7.16. The normalized spacial score (nSPS) is 10.2. The van der Waals surface area contributed by atoms with Crippen LogP contribution in [0.1, 0.15) is 11.1 Å². The second-order valence-corrected chi connectivity index (χ2v) is 5.38. The number of halogens is 2. The van der Waals surface area contributed by atoms with E-state index in [1.165, 1.54) is 0 Å². The molecule has 0 fully saturated rings. The Hall–Kier alpha value is -1.71. The van der Waals surface area contributed by atoms with Crippen LogP contribution in [0.2, 0.25) is 10.0 Å². The number of amides is 1. The van der Waals surface area contributed by atoms with Crippen LogP contribution in [0.4, 0.5) is 5.69 Å². The maximum atomic E-state index is 11.5. The number of hydrogen-bond donors (Lipinski definition) is 2. The zero-order valence-corrected chi connectivity index (χ0v) is 13.1. The predicted octanol–water partition coefficient (Wildman–Crippen LogP) is 3.89. The van der Waals surface area contributed by atoms with E-state index in [4.69, 9.17) is 23.2 Å². The van der Waals surface area contributed by atoms with Gasteiger partial charge in [-0.1, -0.05) is 47.5 Å². The van der Waals surface area contributed by atoms with E-state index >= 15 is 0 Å². The Balaban J connectivity index is 2.15. The molecule has 0 saturated carbocycles. The van der Waals surface area contributed by atoms with Crippen LogP contribution in [-0.4, -0.2) is 13.0 Å². The van der Waals surface area contributed by atoms with E-state index in [-0.39, 0.29) is 5.91 Å². The van der Waals surface area contributed by atoms with E-state index in [9.17, 15) is 4.79 Å². The summed E-state index contributed by atoms with van der Waals surface area (Å²) in [5.74, 6) is -0.0278. The standard InChI is InChI=1S/C16H16Cl2N2O/c1-19-16(21)9-11-5-2-3-8-15(11)20-10-12-13(17)6-4-7-14(12)18/h2-8,20H,9-10H2,1H3,(H,19,21). The predicted molar refractivity (Wildman–Crippen MR) is 88.0 cm³/mol. The molecule has 1 amide bonds. The Morgan fingerprint density at radius 3 is 2.38 bits per heavy atom. The molecule has 0 aliphatic heterocycles. The highest BCUT2D eigenvalue weighted by Gasteiger charge is 2.08. The lowest BCUT2D eigenvalue weighted by atomic mass is 10.1. The molecule has 0 radical (unpaired) electrons. The Morgan fingerprint density at radius 2 is 1.71 bits per heavy atom. The number of anilines is 1. The van der Waals surface area contributed by atoms with Gasteiger partial charge in [-0.2, -0.15) is 0 Å². The zero-order valence-electron chi connectivity index (χ0n) is 11.6. The van der Waals surface area contributed by atoms with E-state index in [1.807, 2.05) is 30.3 Å². The van der Waals surface area contributed by atoms with Crippen LogP contribution in [0.5, 0.6) is 0 Å². The fourth-order valence-corrected chi connectivity index (χ4v) is 2.52. The Morgan fingerprint density at radius 1 is 1.05 bits per heavy atom. The lowest BCUT2D eigenvalue weighted by Gasteiger charge is -2.13. The summed E-state index contributed by atoms with van der Waals surface area (Å²) in [7, 11) is 1.63. The fourth-order valence-electron chi connectivity index (χ4n) is 1.99. The summed E-state index contributed by atoms with van der Waals surface area (Å²) in [4.78, 5) is 11.5. The maximum Gasteiger partial charge on any atom is 0.224 e. The van der Waals surface area contributed by atoms with Crippen LogP contribution < -0.4 is 10.6 Å². The minimum atomic E-state index is -0.0278. The molecule has 0 atom stereocenters. The van der Waals surface area contributed by atoms with Gasteiger partial charge in [-0.15, -0.1) is 0 Å². The van der Waals surface area contributed by atoms with Crippen LogP contribution in [0.25, 0.3) is 0 Å². The third kappa shape index (κ3) is 4.13. The van der Waals surface area contributed by atoms with Gasteiger partial charge in [0.05, 0.1) is 6.42 Å². The number of para-hydroxylation sites is 1. The molecule has 2 aromatic carbocycles. The van der Waals surface area contributed by atoms with Crippen molar-refractivity contribution in [2.24, 2.45) is 0 Å². The topological polar surface area (TPSA) is 41.1 Å². The van der Waals surface area contributed by atoms with Gasteiger partial charge >= 0.3 is 0 Å². The first-order chi connectivity index (χ1) is 10.1. The first-order valence-electron chi connectivity index (χ1n) is 6.57. The van der Waals surface area contributed by atoms with Gasteiger partial charge in [-0.3, -0.25) is 4.79 Å². The van der Waals surface area contributed by atoms with Crippen molar-refractivity contribution >= 4 is 34.8 Å². The largest absolute Gasteiger partial charge is 0.381 e. The average molecular weight is 323 g/mol. The van der Waals surface area contributed by atoms with E-state index < -0.39 is 0 Å². The maximum absolute atomic E-state index is 11.5. The first kappa shape index (κ1) is 15.7. The van der Waals surface area contributed by atoms with Crippen molar-refractivity contribution < 1.29 is 4.79 Å². The zero-order chi connectivity index (χ0) is 15.2. The molecule has 0 unspecified atom stereocenters.